The highest BCUT2D eigenvalue weighted by atomic mass is 32.2. The minimum atomic E-state index is -3.59. The Hall–Kier alpha value is -1.58. The third kappa shape index (κ3) is 3.20. The number of nitrogens with zero attached hydrogens (tertiary/aromatic N) is 2. The number of piperidine rings is 1. The predicted octanol–water partition coefficient (Wildman–Crippen LogP) is 2.48. The van der Waals surface area contributed by atoms with Crippen molar-refractivity contribution in [3.05, 3.63) is 23.8 Å². The summed E-state index contributed by atoms with van der Waals surface area (Å²) in [5, 5.41) is 8.85. The van der Waals surface area contributed by atoms with Crippen molar-refractivity contribution in [2.45, 2.75) is 50.0 Å². The number of rotatable bonds is 4. The van der Waals surface area contributed by atoms with Gasteiger partial charge in [0.25, 0.3) is 0 Å². The lowest BCUT2D eigenvalue weighted by Gasteiger charge is -2.34. The quantitative estimate of drug-likeness (QED) is 0.866. The second-order valence-electron chi connectivity index (χ2n) is 5.42. The van der Waals surface area contributed by atoms with Gasteiger partial charge < -0.3 is 5.73 Å². The van der Waals surface area contributed by atoms with E-state index < -0.39 is 10.0 Å². The zero-order chi connectivity index (χ0) is 15.5. The van der Waals surface area contributed by atoms with Crippen LogP contribution in [-0.4, -0.2) is 25.3 Å². The molecule has 2 rings (SSSR count). The molecule has 1 aromatic rings. The van der Waals surface area contributed by atoms with Gasteiger partial charge in [0.2, 0.25) is 10.0 Å². The summed E-state index contributed by atoms with van der Waals surface area (Å²) in [7, 11) is -3.59. The Balaban J connectivity index is 2.38. The van der Waals surface area contributed by atoms with E-state index in [1.54, 1.807) is 4.31 Å². The summed E-state index contributed by atoms with van der Waals surface area (Å²) in [4.78, 5) is 0.115. The third-order valence-corrected chi connectivity index (χ3v) is 5.95. The standard InChI is InChI=1S/C15H21N3O2S/c1-2-5-13-6-3-4-9-18(13)21(19,20)15-8-7-12(11-16)10-14(15)17/h7-8,10,13H,2-6,9,17H2,1H3. The molecule has 1 saturated heterocycles. The van der Waals surface area contributed by atoms with E-state index in [2.05, 4.69) is 6.92 Å². The Morgan fingerprint density at radius 2 is 2.19 bits per heavy atom. The lowest BCUT2D eigenvalue weighted by Crippen LogP contribution is -2.43. The maximum Gasteiger partial charge on any atom is 0.245 e. The van der Waals surface area contributed by atoms with Gasteiger partial charge in [-0.25, -0.2) is 8.42 Å². The lowest BCUT2D eigenvalue weighted by molar-refractivity contribution is 0.239. The number of hydrogen-bond donors (Lipinski definition) is 1. The SMILES string of the molecule is CCCC1CCCCN1S(=O)(=O)c1ccc(C#N)cc1N. The summed E-state index contributed by atoms with van der Waals surface area (Å²) < 4.78 is 27.3. The van der Waals surface area contributed by atoms with E-state index in [0.717, 1.165) is 32.1 Å². The molecule has 1 aliphatic rings. The molecule has 1 heterocycles. The van der Waals surface area contributed by atoms with Crippen LogP contribution in [0.25, 0.3) is 0 Å². The van der Waals surface area contributed by atoms with E-state index in [9.17, 15) is 8.42 Å². The lowest BCUT2D eigenvalue weighted by atomic mass is 10.0. The normalized spacial score (nSPS) is 20.1. The van der Waals surface area contributed by atoms with Crippen molar-refractivity contribution in [3.63, 3.8) is 0 Å². The summed E-state index contributed by atoms with van der Waals surface area (Å²) in [5.74, 6) is 0. The minimum Gasteiger partial charge on any atom is -0.398 e. The number of sulfonamides is 1. The van der Waals surface area contributed by atoms with Gasteiger partial charge in [-0.3, -0.25) is 0 Å². The number of nitriles is 1. The topological polar surface area (TPSA) is 87.2 Å². The van der Waals surface area contributed by atoms with Crippen molar-refractivity contribution in [1.82, 2.24) is 4.31 Å². The van der Waals surface area contributed by atoms with Gasteiger partial charge in [0.05, 0.1) is 17.3 Å². The first-order valence-corrected chi connectivity index (χ1v) is 8.76. The van der Waals surface area contributed by atoms with Crippen LogP contribution >= 0.6 is 0 Å². The van der Waals surface area contributed by atoms with Crippen molar-refractivity contribution in [2.24, 2.45) is 0 Å². The average Bonchev–Trinajstić information content (AvgIpc) is 2.47. The van der Waals surface area contributed by atoms with E-state index in [4.69, 9.17) is 11.0 Å². The Kier molecular flexibility index (Phi) is 4.86. The van der Waals surface area contributed by atoms with E-state index >= 15 is 0 Å². The molecule has 1 fully saturated rings. The summed E-state index contributed by atoms with van der Waals surface area (Å²) in [6, 6.07) is 6.40. The Morgan fingerprint density at radius 1 is 1.43 bits per heavy atom. The molecule has 1 aliphatic heterocycles. The van der Waals surface area contributed by atoms with Crippen LogP contribution in [-0.2, 0) is 10.0 Å². The van der Waals surface area contributed by atoms with Gasteiger partial charge in [0.1, 0.15) is 4.90 Å². The van der Waals surface area contributed by atoms with Crippen LogP contribution in [0.1, 0.15) is 44.6 Å². The van der Waals surface area contributed by atoms with Crippen LogP contribution in [0, 0.1) is 11.3 Å². The van der Waals surface area contributed by atoms with E-state index in [-0.39, 0.29) is 16.6 Å². The van der Waals surface area contributed by atoms with Gasteiger partial charge in [-0.1, -0.05) is 19.8 Å². The number of anilines is 1. The molecule has 0 aromatic heterocycles. The second-order valence-corrected chi connectivity index (χ2v) is 7.28. The Morgan fingerprint density at radius 3 is 2.81 bits per heavy atom. The van der Waals surface area contributed by atoms with E-state index in [0.29, 0.717) is 12.1 Å². The zero-order valence-electron chi connectivity index (χ0n) is 12.2. The molecule has 0 saturated carbocycles. The van der Waals surface area contributed by atoms with Crippen molar-refractivity contribution in [1.29, 1.82) is 5.26 Å². The fourth-order valence-electron chi connectivity index (χ4n) is 2.89. The predicted molar refractivity (Wildman–Crippen MR) is 82.0 cm³/mol. The number of nitrogen functional groups attached to an aromatic ring is 1. The van der Waals surface area contributed by atoms with Crippen LogP contribution in [0.15, 0.2) is 23.1 Å². The van der Waals surface area contributed by atoms with Crippen LogP contribution in [0.5, 0.6) is 0 Å². The van der Waals surface area contributed by atoms with Gasteiger partial charge in [0, 0.05) is 12.6 Å². The monoisotopic (exact) mass is 307 g/mol. The largest absolute Gasteiger partial charge is 0.398 e. The van der Waals surface area contributed by atoms with Crippen LogP contribution < -0.4 is 5.73 Å². The van der Waals surface area contributed by atoms with E-state index in [1.807, 2.05) is 6.07 Å². The summed E-state index contributed by atoms with van der Waals surface area (Å²) in [6.45, 7) is 2.61. The van der Waals surface area contributed by atoms with Crippen LogP contribution in [0.3, 0.4) is 0 Å². The maximum absolute atomic E-state index is 12.9. The first-order valence-electron chi connectivity index (χ1n) is 7.32. The number of benzene rings is 1. The molecule has 0 amide bonds. The number of hydrogen-bond acceptors (Lipinski definition) is 4. The van der Waals surface area contributed by atoms with Gasteiger partial charge in [-0.05, 0) is 37.5 Å². The van der Waals surface area contributed by atoms with Crippen molar-refractivity contribution in [3.8, 4) is 6.07 Å². The Labute approximate surface area is 126 Å². The van der Waals surface area contributed by atoms with Gasteiger partial charge >= 0.3 is 0 Å². The summed E-state index contributed by atoms with van der Waals surface area (Å²) in [5.41, 5.74) is 6.37. The van der Waals surface area contributed by atoms with Gasteiger partial charge in [-0.2, -0.15) is 9.57 Å². The van der Waals surface area contributed by atoms with Crippen molar-refractivity contribution >= 4 is 15.7 Å². The molecule has 0 aliphatic carbocycles. The average molecular weight is 307 g/mol. The van der Waals surface area contributed by atoms with Crippen LogP contribution in [0.2, 0.25) is 0 Å². The first-order chi connectivity index (χ1) is 10.0. The summed E-state index contributed by atoms with van der Waals surface area (Å²) in [6.07, 6.45) is 4.69. The maximum atomic E-state index is 12.9. The molecule has 0 radical (unpaired) electrons. The second kappa shape index (κ2) is 6.46. The fourth-order valence-corrected chi connectivity index (χ4v) is 4.71. The molecule has 5 nitrogen and oxygen atoms in total. The molecular weight excluding hydrogens is 286 g/mol. The highest BCUT2D eigenvalue weighted by Crippen LogP contribution is 2.30. The zero-order valence-corrected chi connectivity index (χ0v) is 13.1. The van der Waals surface area contributed by atoms with Crippen molar-refractivity contribution < 1.29 is 8.42 Å². The third-order valence-electron chi connectivity index (χ3n) is 3.92. The molecule has 0 spiro atoms. The first kappa shape index (κ1) is 15.8. The molecule has 21 heavy (non-hydrogen) atoms. The number of nitrogens with two attached hydrogens (primary N) is 1. The Bertz CT molecular complexity index is 647. The van der Waals surface area contributed by atoms with E-state index in [1.165, 1.54) is 18.2 Å². The molecular formula is C15H21N3O2S. The molecule has 1 atom stereocenters. The highest BCUT2D eigenvalue weighted by Gasteiger charge is 2.33. The van der Waals surface area contributed by atoms with Crippen LogP contribution in [0.4, 0.5) is 5.69 Å². The van der Waals surface area contributed by atoms with Gasteiger partial charge in [0.15, 0.2) is 0 Å². The smallest absolute Gasteiger partial charge is 0.245 e. The van der Waals surface area contributed by atoms with Gasteiger partial charge in [-0.15, -0.1) is 0 Å². The molecule has 1 unspecified atom stereocenters. The molecule has 0 bridgehead atoms. The highest BCUT2D eigenvalue weighted by molar-refractivity contribution is 7.89. The summed E-state index contributed by atoms with van der Waals surface area (Å²) >= 11 is 0. The molecule has 114 valence electrons. The molecule has 2 N–H and O–H groups in total. The minimum absolute atomic E-state index is 0.0591. The molecule has 1 aromatic carbocycles. The van der Waals surface area contributed by atoms with Crippen molar-refractivity contribution in [2.75, 3.05) is 12.3 Å². The molecule has 6 heteroatoms. The fraction of sp³-hybridized carbons (Fsp3) is 0.533.